The van der Waals surface area contributed by atoms with Crippen LogP contribution in [0.25, 0.3) is 0 Å². The van der Waals surface area contributed by atoms with Gasteiger partial charge >= 0.3 is 0 Å². The highest BCUT2D eigenvalue weighted by Crippen LogP contribution is 2.50. The lowest BCUT2D eigenvalue weighted by atomic mass is 9.76. The maximum Gasteiger partial charge on any atom is 0.253 e. The number of ether oxygens (including phenoxy) is 1. The number of carbonyl (C=O) groups is 1. The van der Waals surface area contributed by atoms with Crippen LogP contribution in [0, 0.1) is 5.92 Å². The quantitative estimate of drug-likeness (QED) is 0.844. The molecule has 0 radical (unpaired) electrons. The zero-order valence-electron chi connectivity index (χ0n) is 15.4. The number of methoxy groups -OCH3 is 1. The smallest absolute Gasteiger partial charge is 0.253 e. The molecule has 3 atom stereocenters. The van der Waals surface area contributed by atoms with Crippen molar-refractivity contribution in [3.63, 3.8) is 0 Å². The predicted molar refractivity (Wildman–Crippen MR) is 104 cm³/mol. The third-order valence-corrected chi connectivity index (χ3v) is 5.47. The Hall–Kier alpha value is -2.75. The summed E-state index contributed by atoms with van der Waals surface area (Å²) in [5.74, 6) is 1.70. The van der Waals surface area contributed by atoms with Crippen molar-refractivity contribution in [2.45, 2.75) is 18.4 Å². The molecule has 26 heavy (non-hydrogen) atoms. The van der Waals surface area contributed by atoms with E-state index in [9.17, 15) is 4.79 Å². The first kappa shape index (κ1) is 16.7. The van der Waals surface area contributed by atoms with Gasteiger partial charge in [-0.2, -0.15) is 0 Å². The van der Waals surface area contributed by atoms with E-state index in [-0.39, 0.29) is 11.9 Å². The molecule has 0 bridgehead atoms. The Kier molecular flexibility index (Phi) is 4.19. The number of allylic oxidation sites excluding steroid dienone is 2. The molecule has 2 aromatic rings. The van der Waals surface area contributed by atoms with E-state index in [0.717, 1.165) is 23.4 Å². The zero-order chi connectivity index (χ0) is 18.3. The Bertz CT molecular complexity index is 872. The Morgan fingerprint density at radius 1 is 1.19 bits per heavy atom. The molecule has 2 aromatic carbocycles. The molecule has 0 saturated carbocycles. The Labute approximate surface area is 154 Å². The number of hydrogen-bond donors (Lipinski definition) is 1. The van der Waals surface area contributed by atoms with Crippen LogP contribution in [0.5, 0.6) is 5.75 Å². The van der Waals surface area contributed by atoms with Gasteiger partial charge in [0.25, 0.3) is 5.91 Å². The van der Waals surface area contributed by atoms with E-state index in [1.807, 2.05) is 24.3 Å². The van der Waals surface area contributed by atoms with Gasteiger partial charge in [-0.05, 0) is 53.8 Å². The zero-order valence-corrected chi connectivity index (χ0v) is 15.4. The van der Waals surface area contributed by atoms with Gasteiger partial charge in [0.15, 0.2) is 0 Å². The Morgan fingerprint density at radius 2 is 2.04 bits per heavy atom. The number of fused-ring (bicyclic) bond motifs is 3. The number of benzene rings is 2. The minimum absolute atomic E-state index is 0.0428. The van der Waals surface area contributed by atoms with E-state index in [1.165, 1.54) is 11.1 Å². The minimum atomic E-state index is 0.0428. The fraction of sp³-hybridized carbons (Fsp3) is 0.318. The summed E-state index contributed by atoms with van der Waals surface area (Å²) in [4.78, 5) is 14.0. The van der Waals surface area contributed by atoms with Crippen LogP contribution >= 0.6 is 0 Å². The lowest BCUT2D eigenvalue weighted by Gasteiger charge is -2.38. The molecule has 1 aliphatic carbocycles. The maximum atomic E-state index is 12.4. The van der Waals surface area contributed by atoms with Crippen LogP contribution in [0.1, 0.15) is 39.9 Å². The lowest BCUT2D eigenvalue weighted by molar-refractivity contribution is 0.0827. The third-order valence-electron chi connectivity index (χ3n) is 5.47. The van der Waals surface area contributed by atoms with Crippen molar-refractivity contribution in [3.8, 4) is 5.75 Å². The maximum absolute atomic E-state index is 12.4. The molecule has 134 valence electrons. The van der Waals surface area contributed by atoms with Gasteiger partial charge < -0.3 is 15.0 Å². The Balaban J connectivity index is 1.73. The summed E-state index contributed by atoms with van der Waals surface area (Å²) in [6.45, 7) is 0. The molecule has 0 aromatic heterocycles. The van der Waals surface area contributed by atoms with Gasteiger partial charge in [0.05, 0.1) is 13.2 Å². The van der Waals surface area contributed by atoms with Gasteiger partial charge in [0, 0.05) is 31.3 Å². The summed E-state index contributed by atoms with van der Waals surface area (Å²) < 4.78 is 5.41. The number of anilines is 1. The summed E-state index contributed by atoms with van der Waals surface area (Å²) in [6, 6.07) is 14.5. The second-order valence-corrected chi connectivity index (χ2v) is 7.25. The predicted octanol–water partition coefficient (Wildman–Crippen LogP) is 4.22. The molecular weight excluding hydrogens is 324 g/mol. The molecule has 4 heteroatoms. The third kappa shape index (κ3) is 2.75. The molecular formula is C22H24N2O2. The van der Waals surface area contributed by atoms with Gasteiger partial charge in [-0.25, -0.2) is 0 Å². The number of rotatable bonds is 3. The largest absolute Gasteiger partial charge is 0.497 e. The Morgan fingerprint density at radius 3 is 2.81 bits per heavy atom. The van der Waals surface area contributed by atoms with Gasteiger partial charge in [-0.15, -0.1) is 0 Å². The van der Waals surface area contributed by atoms with E-state index in [2.05, 4.69) is 35.7 Å². The van der Waals surface area contributed by atoms with Crippen molar-refractivity contribution in [2.24, 2.45) is 5.92 Å². The summed E-state index contributed by atoms with van der Waals surface area (Å²) >= 11 is 0. The SMILES string of the molecule is COc1cccc(C2Nc3ccc(C(=O)N(C)C)cc3C3C=CCC32)c1. The van der Waals surface area contributed by atoms with Crippen LogP contribution in [0.15, 0.2) is 54.6 Å². The molecule has 2 aliphatic rings. The molecule has 0 fully saturated rings. The topological polar surface area (TPSA) is 41.6 Å². The van der Waals surface area contributed by atoms with E-state index in [1.54, 1.807) is 26.1 Å². The first-order chi connectivity index (χ1) is 12.6. The van der Waals surface area contributed by atoms with E-state index >= 15 is 0 Å². The summed E-state index contributed by atoms with van der Waals surface area (Å²) in [7, 11) is 5.28. The van der Waals surface area contributed by atoms with E-state index < -0.39 is 0 Å². The average Bonchev–Trinajstić information content (AvgIpc) is 3.16. The number of carbonyl (C=O) groups excluding carboxylic acids is 1. The van der Waals surface area contributed by atoms with Crippen molar-refractivity contribution in [3.05, 3.63) is 71.3 Å². The van der Waals surface area contributed by atoms with Crippen molar-refractivity contribution in [2.75, 3.05) is 26.5 Å². The van der Waals surface area contributed by atoms with Crippen LogP contribution in [0.4, 0.5) is 5.69 Å². The van der Waals surface area contributed by atoms with Crippen LogP contribution in [0.3, 0.4) is 0 Å². The number of nitrogens with one attached hydrogen (secondary N) is 1. The number of amides is 1. The lowest BCUT2D eigenvalue weighted by Crippen LogP contribution is -2.29. The molecule has 4 nitrogen and oxygen atoms in total. The second kappa shape index (κ2) is 6.52. The molecule has 3 unspecified atom stereocenters. The van der Waals surface area contributed by atoms with Gasteiger partial charge in [0.2, 0.25) is 0 Å². The van der Waals surface area contributed by atoms with Crippen molar-refractivity contribution in [1.82, 2.24) is 4.90 Å². The van der Waals surface area contributed by atoms with Crippen molar-refractivity contribution in [1.29, 1.82) is 0 Å². The van der Waals surface area contributed by atoms with E-state index in [4.69, 9.17) is 4.74 Å². The van der Waals surface area contributed by atoms with Crippen LogP contribution in [0.2, 0.25) is 0 Å². The molecule has 4 rings (SSSR count). The normalized spacial score (nSPS) is 23.0. The van der Waals surface area contributed by atoms with Gasteiger partial charge in [-0.1, -0.05) is 24.3 Å². The molecule has 1 aliphatic heterocycles. The molecule has 1 amide bonds. The highest BCUT2D eigenvalue weighted by Gasteiger charge is 2.38. The fourth-order valence-corrected chi connectivity index (χ4v) is 4.15. The monoisotopic (exact) mass is 348 g/mol. The summed E-state index contributed by atoms with van der Waals surface area (Å²) in [6.07, 6.45) is 5.59. The van der Waals surface area contributed by atoms with Crippen LogP contribution in [-0.4, -0.2) is 32.0 Å². The van der Waals surface area contributed by atoms with E-state index in [0.29, 0.717) is 11.8 Å². The van der Waals surface area contributed by atoms with Crippen molar-refractivity contribution >= 4 is 11.6 Å². The molecule has 0 saturated heterocycles. The molecule has 1 heterocycles. The highest BCUT2D eigenvalue weighted by atomic mass is 16.5. The first-order valence-corrected chi connectivity index (χ1v) is 9.01. The number of hydrogen-bond acceptors (Lipinski definition) is 3. The van der Waals surface area contributed by atoms with Crippen LogP contribution in [-0.2, 0) is 0 Å². The summed E-state index contributed by atoms with van der Waals surface area (Å²) in [5, 5.41) is 3.71. The second-order valence-electron chi connectivity index (χ2n) is 7.25. The molecule has 0 spiro atoms. The van der Waals surface area contributed by atoms with Gasteiger partial charge in [0.1, 0.15) is 5.75 Å². The highest BCUT2D eigenvalue weighted by molar-refractivity contribution is 5.94. The standard InChI is InChI=1S/C22H24N2O2/c1-24(2)22(25)15-10-11-20-19(13-15)17-8-5-9-18(17)21(23-20)14-6-4-7-16(12-14)26-3/h4-8,10-13,17-18,21,23H,9H2,1-3H3. The molecule has 1 N–H and O–H groups in total. The minimum Gasteiger partial charge on any atom is -0.497 e. The van der Waals surface area contributed by atoms with Gasteiger partial charge in [-0.3, -0.25) is 4.79 Å². The summed E-state index contributed by atoms with van der Waals surface area (Å²) in [5.41, 5.74) is 4.31. The van der Waals surface area contributed by atoms with Crippen LogP contribution < -0.4 is 10.1 Å². The fourth-order valence-electron chi connectivity index (χ4n) is 4.15. The number of nitrogens with zero attached hydrogens (tertiary/aromatic N) is 1. The van der Waals surface area contributed by atoms with Crippen molar-refractivity contribution < 1.29 is 9.53 Å². The first-order valence-electron chi connectivity index (χ1n) is 9.01. The average molecular weight is 348 g/mol.